The van der Waals surface area contributed by atoms with E-state index in [1.54, 1.807) is 13.8 Å². The fraction of sp³-hybridized carbons (Fsp3) is 0.625. The first kappa shape index (κ1) is 10.2. The SMILES string of the molecule is CC1(C)OC(CS(C)(=O)=O)=CC1=O. The van der Waals surface area contributed by atoms with E-state index in [1.807, 2.05) is 0 Å². The van der Waals surface area contributed by atoms with Crippen molar-refractivity contribution >= 4 is 15.6 Å². The van der Waals surface area contributed by atoms with E-state index in [1.165, 1.54) is 6.08 Å². The Labute approximate surface area is 77.5 Å². The Bertz CT molecular complexity index is 362. The Balaban J connectivity index is 2.79. The molecule has 0 aromatic rings. The molecule has 0 aromatic heterocycles. The monoisotopic (exact) mass is 204 g/mol. The molecule has 1 aliphatic rings. The Hall–Kier alpha value is -0.840. The Morgan fingerprint density at radius 3 is 2.31 bits per heavy atom. The number of hydrogen-bond donors (Lipinski definition) is 0. The lowest BCUT2D eigenvalue weighted by molar-refractivity contribution is -0.126. The number of rotatable bonds is 2. The number of sulfone groups is 1. The van der Waals surface area contributed by atoms with Gasteiger partial charge in [0.05, 0.1) is 0 Å². The molecule has 1 aliphatic heterocycles. The average molecular weight is 204 g/mol. The van der Waals surface area contributed by atoms with Crippen molar-refractivity contribution in [3.63, 3.8) is 0 Å². The van der Waals surface area contributed by atoms with Gasteiger partial charge in [0.2, 0.25) is 5.78 Å². The van der Waals surface area contributed by atoms with Crippen molar-refractivity contribution in [1.29, 1.82) is 0 Å². The zero-order valence-corrected chi connectivity index (χ0v) is 8.64. The van der Waals surface area contributed by atoms with Crippen LogP contribution in [0.3, 0.4) is 0 Å². The van der Waals surface area contributed by atoms with Crippen molar-refractivity contribution in [3.05, 3.63) is 11.8 Å². The standard InChI is InChI=1S/C8H12O4S/c1-8(2)7(9)4-6(12-8)5-13(3,10)11/h4H,5H2,1-3H3. The summed E-state index contributed by atoms with van der Waals surface area (Å²) in [6, 6.07) is 0. The number of carbonyl (C=O) groups is 1. The zero-order chi connectivity index (χ0) is 10.3. The molecule has 0 saturated carbocycles. The number of hydrogen-bond acceptors (Lipinski definition) is 4. The second-order valence-electron chi connectivity index (χ2n) is 3.66. The maximum absolute atomic E-state index is 11.2. The van der Waals surface area contributed by atoms with Gasteiger partial charge in [-0.05, 0) is 13.8 Å². The summed E-state index contributed by atoms with van der Waals surface area (Å²) in [6.45, 7) is 3.22. The second-order valence-corrected chi connectivity index (χ2v) is 5.80. The molecule has 0 fully saturated rings. The summed E-state index contributed by atoms with van der Waals surface area (Å²) in [7, 11) is -3.13. The summed E-state index contributed by atoms with van der Waals surface area (Å²) in [4.78, 5) is 11.2. The van der Waals surface area contributed by atoms with Crippen LogP contribution in [0.4, 0.5) is 0 Å². The number of carbonyl (C=O) groups excluding carboxylic acids is 1. The minimum absolute atomic E-state index is 0.189. The molecule has 0 amide bonds. The van der Waals surface area contributed by atoms with Crippen LogP contribution in [0.15, 0.2) is 11.8 Å². The molecule has 1 rings (SSSR count). The fourth-order valence-electron chi connectivity index (χ4n) is 1.06. The summed E-state index contributed by atoms with van der Waals surface area (Å²) in [6.07, 6.45) is 2.36. The first-order valence-corrected chi connectivity index (χ1v) is 5.88. The molecule has 0 N–H and O–H groups in total. The summed E-state index contributed by atoms with van der Waals surface area (Å²) < 4.78 is 26.9. The molecule has 5 heteroatoms. The van der Waals surface area contributed by atoms with Crippen LogP contribution in [0.2, 0.25) is 0 Å². The van der Waals surface area contributed by atoms with Gasteiger partial charge in [-0.15, -0.1) is 0 Å². The molecule has 0 saturated heterocycles. The molecule has 1 heterocycles. The zero-order valence-electron chi connectivity index (χ0n) is 7.83. The molecule has 13 heavy (non-hydrogen) atoms. The topological polar surface area (TPSA) is 60.4 Å². The van der Waals surface area contributed by atoms with E-state index in [4.69, 9.17) is 4.74 Å². The van der Waals surface area contributed by atoms with Crippen molar-refractivity contribution in [2.75, 3.05) is 12.0 Å². The van der Waals surface area contributed by atoms with Crippen LogP contribution >= 0.6 is 0 Å². The molecule has 0 unspecified atom stereocenters. The van der Waals surface area contributed by atoms with Crippen LogP contribution in [-0.2, 0) is 19.4 Å². The maximum atomic E-state index is 11.2. The molecule has 0 aromatic carbocycles. The van der Waals surface area contributed by atoms with Crippen molar-refractivity contribution in [2.45, 2.75) is 19.4 Å². The molecule has 4 nitrogen and oxygen atoms in total. The van der Waals surface area contributed by atoms with Crippen LogP contribution in [0.25, 0.3) is 0 Å². The van der Waals surface area contributed by atoms with E-state index in [-0.39, 0.29) is 17.3 Å². The highest BCUT2D eigenvalue weighted by atomic mass is 32.2. The third-order valence-corrected chi connectivity index (χ3v) is 2.49. The van der Waals surface area contributed by atoms with E-state index >= 15 is 0 Å². The van der Waals surface area contributed by atoms with Crippen LogP contribution in [0.5, 0.6) is 0 Å². The Kier molecular flexibility index (Phi) is 2.23. The summed E-state index contributed by atoms with van der Waals surface area (Å²) in [5.74, 6) is -0.161. The molecule has 0 bridgehead atoms. The normalized spacial score (nSPS) is 21.2. The van der Waals surface area contributed by atoms with Gasteiger partial charge in [0.25, 0.3) is 0 Å². The maximum Gasteiger partial charge on any atom is 0.201 e. The fourth-order valence-corrected chi connectivity index (χ4v) is 1.72. The average Bonchev–Trinajstić information content (AvgIpc) is 2.01. The van der Waals surface area contributed by atoms with Crippen LogP contribution in [-0.4, -0.2) is 31.8 Å². The number of ether oxygens (including phenoxy) is 1. The molecule has 74 valence electrons. The number of ketones is 1. The Morgan fingerprint density at radius 1 is 1.46 bits per heavy atom. The molecule has 0 atom stereocenters. The van der Waals surface area contributed by atoms with Crippen molar-refractivity contribution in [3.8, 4) is 0 Å². The summed E-state index contributed by atoms with van der Waals surface area (Å²) in [5, 5.41) is 0. The lowest BCUT2D eigenvalue weighted by atomic mass is 10.1. The van der Waals surface area contributed by atoms with Gasteiger partial charge in [-0.1, -0.05) is 0 Å². The van der Waals surface area contributed by atoms with Crippen molar-refractivity contribution in [2.24, 2.45) is 0 Å². The van der Waals surface area contributed by atoms with E-state index < -0.39 is 15.4 Å². The van der Waals surface area contributed by atoms with Gasteiger partial charge in [-0.25, -0.2) is 8.42 Å². The van der Waals surface area contributed by atoms with Gasteiger partial charge in [-0.2, -0.15) is 0 Å². The summed E-state index contributed by atoms with van der Waals surface area (Å²) >= 11 is 0. The van der Waals surface area contributed by atoms with Crippen LogP contribution in [0.1, 0.15) is 13.8 Å². The molecule has 0 spiro atoms. The van der Waals surface area contributed by atoms with Gasteiger partial charge in [-0.3, -0.25) is 4.79 Å². The third-order valence-electron chi connectivity index (χ3n) is 1.68. The van der Waals surface area contributed by atoms with E-state index in [0.717, 1.165) is 6.26 Å². The van der Waals surface area contributed by atoms with Gasteiger partial charge < -0.3 is 4.74 Å². The lowest BCUT2D eigenvalue weighted by Crippen LogP contribution is -2.28. The smallest absolute Gasteiger partial charge is 0.201 e. The van der Waals surface area contributed by atoms with E-state index in [2.05, 4.69) is 0 Å². The lowest BCUT2D eigenvalue weighted by Gasteiger charge is -2.17. The highest BCUT2D eigenvalue weighted by Gasteiger charge is 2.35. The van der Waals surface area contributed by atoms with Crippen LogP contribution < -0.4 is 0 Å². The third kappa shape index (κ3) is 2.55. The van der Waals surface area contributed by atoms with Gasteiger partial charge in [0.1, 0.15) is 11.5 Å². The van der Waals surface area contributed by atoms with E-state index in [0.29, 0.717) is 0 Å². The quantitative estimate of drug-likeness (QED) is 0.648. The predicted molar refractivity (Wildman–Crippen MR) is 48.0 cm³/mol. The largest absolute Gasteiger partial charge is 0.483 e. The molecule has 0 radical (unpaired) electrons. The molecular weight excluding hydrogens is 192 g/mol. The second kappa shape index (κ2) is 2.83. The van der Waals surface area contributed by atoms with Crippen LogP contribution in [0, 0.1) is 0 Å². The minimum atomic E-state index is -3.13. The first-order valence-electron chi connectivity index (χ1n) is 3.82. The molecule has 0 aliphatic carbocycles. The Morgan fingerprint density at radius 2 is 2.00 bits per heavy atom. The molecular formula is C8H12O4S. The minimum Gasteiger partial charge on any atom is -0.483 e. The highest BCUT2D eigenvalue weighted by Crippen LogP contribution is 2.24. The summed E-state index contributed by atoms with van der Waals surface area (Å²) in [5.41, 5.74) is -0.903. The van der Waals surface area contributed by atoms with E-state index in [9.17, 15) is 13.2 Å². The van der Waals surface area contributed by atoms with Gasteiger partial charge >= 0.3 is 0 Å². The van der Waals surface area contributed by atoms with Gasteiger partial charge in [0.15, 0.2) is 15.4 Å². The highest BCUT2D eigenvalue weighted by molar-refractivity contribution is 7.90. The van der Waals surface area contributed by atoms with Gasteiger partial charge in [0, 0.05) is 12.3 Å². The first-order chi connectivity index (χ1) is 5.71. The van der Waals surface area contributed by atoms with Crippen molar-refractivity contribution in [1.82, 2.24) is 0 Å². The van der Waals surface area contributed by atoms with Crippen molar-refractivity contribution < 1.29 is 17.9 Å². The predicted octanol–water partition coefficient (Wildman–Crippen LogP) is 0.293.